The summed E-state index contributed by atoms with van der Waals surface area (Å²) in [5.74, 6) is 0.848. The number of benzene rings is 1. The number of nitrogens with zero attached hydrogens (tertiary/aromatic N) is 2. The second-order valence-electron chi connectivity index (χ2n) is 3.48. The van der Waals surface area contributed by atoms with Crippen molar-refractivity contribution >= 4 is 17.5 Å². The van der Waals surface area contributed by atoms with Gasteiger partial charge in [-0.25, -0.2) is 14.3 Å². The van der Waals surface area contributed by atoms with Crippen molar-refractivity contribution in [3.05, 3.63) is 48.3 Å². The van der Waals surface area contributed by atoms with Crippen LogP contribution in [0.4, 0.5) is 0 Å². The van der Waals surface area contributed by atoms with Crippen LogP contribution in [0.3, 0.4) is 0 Å². The third-order valence-corrected chi connectivity index (χ3v) is 2.38. The second-order valence-corrected chi connectivity index (χ2v) is 3.48. The lowest BCUT2D eigenvalue weighted by molar-refractivity contribution is -0.133. The zero-order valence-electron chi connectivity index (χ0n) is 9.66. The summed E-state index contributed by atoms with van der Waals surface area (Å²) in [6, 6.07) is 9.35. The van der Waals surface area contributed by atoms with Gasteiger partial charge < -0.3 is 4.74 Å². The molecule has 0 amide bonds. The van der Waals surface area contributed by atoms with Crippen LogP contribution in [0.5, 0.6) is 0 Å². The van der Waals surface area contributed by atoms with Crippen LogP contribution in [-0.2, 0) is 14.3 Å². The fraction of sp³-hybridized carbons (Fsp3) is 0.0769. The van der Waals surface area contributed by atoms with Gasteiger partial charge in [-0.2, -0.15) is 5.10 Å². The van der Waals surface area contributed by atoms with Crippen LogP contribution in [-0.4, -0.2) is 28.8 Å². The van der Waals surface area contributed by atoms with Crippen molar-refractivity contribution in [2.45, 2.75) is 0 Å². The smallest absolute Gasteiger partial charge is 0.349 e. The minimum absolute atomic E-state index is 0.167. The topological polar surface area (TPSA) is 61.2 Å². The first-order chi connectivity index (χ1) is 8.76. The van der Waals surface area contributed by atoms with Crippen LogP contribution in [0.2, 0.25) is 0 Å². The molecular weight excluding hydrogens is 232 g/mol. The number of hydrogen-bond donors (Lipinski definition) is 0. The van der Waals surface area contributed by atoms with Gasteiger partial charge in [0, 0.05) is 11.8 Å². The first-order valence-electron chi connectivity index (χ1n) is 5.20. The highest BCUT2D eigenvalue weighted by atomic mass is 16.5. The van der Waals surface area contributed by atoms with Crippen molar-refractivity contribution in [1.29, 1.82) is 0 Å². The summed E-state index contributed by atoms with van der Waals surface area (Å²) in [7, 11) is 1.21. The summed E-state index contributed by atoms with van der Waals surface area (Å²) in [5, 5.41) is 4.08. The van der Waals surface area contributed by atoms with Gasteiger partial charge in [-0.05, 0) is 12.1 Å². The summed E-state index contributed by atoms with van der Waals surface area (Å²) in [4.78, 5) is 22.1. The number of carbonyl (C=O) groups is 1. The number of hydrogen-bond acceptors (Lipinski definition) is 4. The van der Waals surface area contributed by atoms with Crippen LogP contribution in [0.1, 0.15) is 5.56 Å². The average Bonchev–Trinajstić information content (AvgIpc) is 2.90. The highest BCUT2D eigenvalue weighted by Gasteiger charge is 2.15. The van der Waals surface area contributed by atoms with E-state index in [1.165, 1.54) is 13.3 Å². The fourth-order valence-corrected chi connectivity index (χ4v) is 1.49. The van der Waals surface area contributed by atoms with Gasteiger partial charge in [0.2, 0.25) is 0 Å². The Kier molecular flexibility index (Phi) is 3.36. The quantitative estimate of drug-likeness (QED) is 0.462. The van der Waals surface area contributed by atoms with Crippen molar-refractivity contribution in [3.63, 3.8) is 0 Å². The third-order valence-electron chi connectivity index (χ3n) is 2.38. The highest BCUT2D eigenvalue weighted by Crippen LogP contribution is 2.14. The number of aromatic nitrogens is 2. The maximum absolute atomic E-state index is 11.3. The van der Waals surface area contributed by atoms with Crippen molar-refractivity contribution < 1.29 is 14.3 Å². The molecule has 1 heterocycles. The van der Waals surface area contributed by atoms with Crippen molar-refractivity contribution in [3.8, 4) is 5.69 Å². The number of ether oxygens (including phenoxy) is 1. The largest absolute Gasteiger partial charge is 0.465 e. The Morgan fingerprint density at radius 2 is 2.06 bits per heavy atom. The molecule has 0 aliphatic rings. The van der Waals surface area contributed by atoms with E-state index in [1.807, 2.05) is 30.3 Å². The van der Waals surface area contributed by atoms with E-state index >= 15 is 0 Å². The van der Waals surface area contributed by atoms with E-state index in [0.717, 1.165) is 5.69 Å². The van der Waals surface area contributed by atoms with E-state index in [1.54, 1.807) is 16.8 Å². The molecular formula is C13H10N2O3. The van der Waals surface area contributed by atoms with E-state index in [4.69, 9.17) is 0 Å². The summed E-state index contributed by atoms with van der Waals surface area (Å²) >= 11 is 0. The summed E-state index contributed by atoms with van der Waals surface area (Å²) < 4.78 is 6.06. The Morgan fingerprint density at radius 1 is 1.33 bits per heavy atom. The van der Waals surface area contributed by atoms with Crippen LogP contribution < -0.4 is 0 Å². The molecule has 0 saturated heterocycles. The Hall–Kier alpha value is -2.65. The molecule has 1 aromatic carbocycles. The molecule has 0 atom stereocenters. The fourth-order valence-electron chi connectivity index (χ4n) is 1.49. The molecule has 2 aromatic rings. The maximum atomic E-state index is 11.3. The van der Waals surface area contributed by atoms with Gasteiger partial charge >= 0.3 is 5.97 Å². The Bertz CT molecular complexity index is 610. The highest BCUT2D eigenvalue weighted by molar-refractivity contribution is 6.25. The Labute approximate surface area is 103 Å². The van der Waals surface area contributed by atoms with Gasteiger partial charge in [-0.1, -0.05) is 18.2 Å². The predicted molar refractivity (Wildman–Crippen MR) is 64.7 cm³/mol. The normalized spacial score (nSPS) is 9.61. The third kappa shape index (κ3) is 2.21. The minimum atomic E-state index is -0.724. The molecule has 90 valence electrons. The standard InChI is InChI=1S/C13H10N2O3/c1-18-13(17)12(9-16)10-7-14-15(8-10)11-5-3-2-4-6-11/h2-8H,1H3. The first-order valence-corrected chi connectivity index (χ1v) is 5.20. The second kappa shape index (κ2) is 5.12. The molecule has 0 spiro atoms. The van der Waals surface area contributed by atoms with Gasteiger partial charge in [0.1, 0.15) is 5.94 Å². The van der Waals surface area contributed by atoms with Crippen LogP contribution >= 0.6 is 0 Å². The molecule has 0 aliphatic carbocycles. The van der Waals surface area contributed by atoms with Gasteiger partial charge in [-0.15, -0.1) is 0 Å². The summed E-state index contributed by atoms with van der Waals surface area (Å²) in [6.45, 7) is 0. The molecule has 18 heavy (non-hydrogen) atoms. The zero-order chi connectivity index (χ0) is 13.0. The molecule has 0 fully saturated rings. The lowest BCUT2D eigenvalue weighted by atomic mass is 10.2. The van der Waals surface area contributed by atoms with Gasteiger partial charge in [0.25, 0.3) is 0 Å². The van der Waals surface area contributed by atoms with Crippen molar-refractivity contribution in [2.24, 2.45) is 0 Å². The Balaban J connectivity index is 2.37. The molecule has 0 saturated carbocycles. The summed E-state index contributed by atoms with van der Waals surface area (Å²) in [6.07, 6.45) is 3.00. The summed E-state index contributed by atoms with van der Waals surface area (Å²) in [5.41, 5.74) is 1.04. The average molecular weight is 242 g/mol. The van der Waals surface area contributed by atoms with E-state index < -0.39 is 5.97 Å². The minimum Gasteiger partial charge on any atom is -0.465 e. The van der Waals surface area contributed by atoms with E-state index in [-0.39, 0.29) is 5.57 Å². The maximum Gasteiger partial charge on any atom is 0.349 e. The van der Waals surface area contributed by atoms with Gasteiger partial charge in [0.05, 0.1) is 19.0 Å². The zero-order valence-corrected chi connectivity index (χ0v) is 9.66. The Morgan fingerprint density at radius 3 is 2.67 bits per heavy atom. The lowest BCUT2D eigenvalue weighted by Crippen LogP contribution is -2.03. The molecule has 2 rings (SSSR count). The molecule has 5 nitrogen and oxygen atoms in total. The molecule has 0 radical (unpaired) electrons. The van der Waals surface area contributed by atoms with Crippen molar-refractivity contribution in [1.82, 2.24) is 9.78 Å². The monoisotopic (exact) mass is 242 g/mol. The van der Waals surface area contributed by atoms with Crippen molar-refractivity contribution in [2.75, 3.05) is 7.11 Å². The molecule has 5 heteroatoms. The predicted octanol–water partition coefficient (Wildman–Crippen LogP) is 1.26. The van der Waals surface area contributed by atoms with E-state index in [9.17, 15) is 9.59 Å². The van der Waals surface area contributed by atoms with E-state index in [0.29, 0.717) is 5.56 Å². The van der Waals surface area contributed by atoms with Crippen LogP contribution in [0.25, 0.3) is 11.3 Å². The molecule has 0 bridgehead atoms. The number of para-hydroxylation sites is 1. The number of carbonyl (C=O) groups excluding carboxylic acids is 2. The number of esters is 1. The number of methoxy groups -OCH3 is 1. The van der Waals surface area contributed by atoms with E-state index in [2.05, 4.69) is 9.84 Å². The van der Waals surface area contributed by atoms with Crippen LogP contribution in [0, 0.1) is 0 Å². The molecule has 0 N–H and O–H groups in total. The number of rotatable bonds is 3. The SMILES string of the molecule is COC(=O)C(=C=O)c1cnn(-c2ccccc2)c1. The molecule has 0 unspecified atom stereocenters. The van der Waals surface area contributed by atoms with Gasteiger partial charge in [0.15, 0.2) is 5.57 Å². The van der Waals surface area contributed by atoms with Crippen LogP contribution in [0.15, 0.2) is 42.7 Å². The van der Waals surface area contributed by atoms with Gasteiger partial charge in [-0.3, -0.25) is 0 Å². The molecule has 0 aliphatic heterocycles. The molecule has 1 aromatic heterocycles. The lowest BCUT2D eigenvalue weighted by Gasteiger charge is -1.99. The first kappa shape index (κ1) is 11.8.